The number of hydrogen-bond donors (Lipinski definition) is 2. The molecule has 1 unspecified atom stereocenters. The van der Waals surface area contributed by atoms with Crippen LogP contribution in [-0.2, 0) is 6.18 Å². The molecule has 0 heterocycles. The summed E-state index contributed by atoms with van der Waals surface area (Å²) in [6, 6.07) is 4.55. The standard InChI is InChI=1S/C12H16F3NO/c1-2-7-16-11(8-17)9-3-5-10(6-4-9)12(13,14)15/h3-6,11,16-17H,2,7-8H2,1H3. The Labute approximate surface area is 98.5 Å². The summed E-state index contributed by atoms with van der Waals surface area (Å²) >= 11 is 0. The van der Waals surface area contributed by atoms with E-state index in [4.69, 9.17) is 5.11 Å². The summed E-state index contributed by atoms with van der Waals surface area (Å²) in [5.74, 6) is 0. The Hall–Kier alpha value is -1.07. The number of hydrogen-bond acceptors (Lipinski definition) is 2. The van der Waals surface area contributed by atoms with Gasteiger partial charge in [-0.25, -0.2) is 0 Å². The van der Waals surface area contributed by atoms with Crippen molar-refractivity contribution >= 4 is 0 Å². The summed E-state index contributed by atoms with van der Waals surface area (Å²) in [6.07, 6.45) is -3.42. The minimum absolute atomic E-state index is 0.134. The van der Waals surface area contributed by atoms with E-state index >= 15 is 0 Å². The summed E-state index contributed by atoms with van der Waals surface area (Å²) in [4.78, 5) is 0. The highest BCUT2D eigenvalue weighted by atomic mass is 19.4. The van der Waals surface area contributed by atoms with Crippen molar-refractivity contribution in [2.75, 3.05) is 13.2 Å². The van der Waals surface area contributed by atoms with Gasteiger partial charge in [0.1, 0.15) is 0 Å². The minimum Gasteiger partial charge on any atom is -0.394 e. The van der Waals surface area contributed by atoms with Gasteiger partial charge in [0.25, 0.3) is 0 Å². The molecule has 17 heavy (non-hydrogen) atoms. The first-order chi connectivity index (χ1) is 7.99. The van der Waals surface area contributed by atoms with Crippen LogP contribution in [0.15, 0.2) is 24.3 Å². The summed E-state index contributed by atoms with van der Waals surface area (Å²) in [5, 5.41) is 12.2. The van der Waals surface area contributed by atoms with Gasteiger partial charge < -0.3 is 10.4 Å². The number of nitrogens with one attached hydrogen (secondary N) is 1. The second-order valence-electron chi connectivity index (χ2n) is 3.81. The molecule has 2 N–H and O–H groups in total. The Balaban J connectivity index is 2.78. The van der Waals surface area contributed by atoms with E-state index in [1.54, 1.807) is 0 Å². The highest BCUT2D eigenvalue weighted by Gasteiger charge is 2.30. The van der Waals surface area contributed by atoms with Crippen molar-refractivity contribution in [2.24, 2.45) is 0 Å². The average molecular weight is 247 g/mol. The molecular weight excluding hydrogens is 231 g/mol. The SMILES string of the molecule is CCCNC(CO)c1ccc(C(F)(F)F)cc1. The topological polar surface area (TPSA) is 32.3 Å². The van der Waals surface area contributed by atoms with Crippen molar-refractivity contribution in [1.82, 2.24) is 5.32 Å². The smallest absolute Gasteiger partial charge is 0.394 e. The number of benzene rings is 1. The first kappa shape index (κ1) is 14.0. The molecule has 0 aliphatic rings. The number of halogens is 3. The maximum absolute atomic E-state index is 12.3. The number of rotatable bonds is 5. The molecule has 0 radical (unpaired) electrons. The van der Waals surface area contributed by atoms with Crippen molar-refractivity contribution in [3.8, 4) is 0 Å². The second kappa shape index (κ2) is 6.02. The Kier molecular flexibility index (Phi) is 4.96. The predicted molar refractivity (Wildman–Crippen MR) is 59.6 cm³/mol. The third-order valence-electron chi connectivity index (χ3n) is 2.46. The number of aliphatic hydroxyl groups is 1. The molecule has 1 aromatic rings. The summed E-state index contributed by atoms with van der Waals surface area (Å²) in [5.41, 5.74) is -0.0117. The van der Waals surface area contributed by atoms with Gasteiger partial charge in [-0.3, -0.25) is 0 Å². The molecule has 0 aliphatic heterocycles. The van der Waals surface area contributed by atoms with Crippen molar-refractivity contribution in [1.29, 1.82) is 0 Å². The van der Waals surface area contributed by atoms with Gasteiger partial charge in [-0.2, -0.15) is 13.2 Å². The van der Waals surface area contributed by atoms with E-state index in [0.717, 1.165) is 18.6 Å². The fraction of sp³-hybridized carbons (Fsp3) is 0.500. The predicted octanol–water partition coefficient (Wildman–Crippen LogP) is 2.74. The van der Waals surface area contributed by atoms with E-state index in [9.17, 15) is 13.2 Å². The molecule has 2 nitrogen and oxygen atoms in total. The van der Waals surface area contributed by atoms with Crippen molar-refractivity contribution in [2.45, 2.75) is 25.6 Å². The molecule has 96 valence electrons. The summed E-state index contributed by atoms with van der Waals surface area (Å²) in [6.45, 7) is 2.56. The Morgan fingerprint density at radius 1 is 1.24 bits per heavy atom. The molecule has 0 saturated heterocycles. The fourth-order valence-corrected chi connectivity index (χ4v) is 1.51. The van der Waals surface area contributed by atoms with Crippen LogP contribution in [0.3, 0.4) is 0 Å². The van der Waals surface area contributed by atoms with Crippen LogP contribution < -0.4 is 5.32 Å². The molecule has 0 amide bonds. The zero-order chi connectivity index (χ0) is 12.9. The van der Waals surface area contributed by atoms with Gasteiger partial charge in [-0.05, 0) is 30.7 Å². The van der Waals surface area contributed by atoms with E-state index < -0.39 is 11.7 Å². The third-order valence-corrected chi connectivity index (χ3v) is 2.46. The lowest BCUT2D eigenvalue weighted by molar-refractivity contribution is -0.137. The summed E-state index contributed by atoms with van der Waals surface area (Å²) < 4.78 is 37.0. The van der Waals surface area contributed by atoms with Gasteiger partial charge in [0.05, 0.1) is 18.2 Å². The van der Waals surface area contributed by atoms with Crippen molar-refractivity contribution < 1.29 is 18.3 Å². The normalized spacial score (nSPS) is 13.7. The first-order valence-electron chi connectivity index (χ1n) is 5.50. The number of aliphatic hydroxyl groups excluding tert-OH is 1. The van der Waals surface area contributed by atoms with Crippen LogP contribution in [0.2, 0.25) is 0 Å². The molecule has 1 atom stereocenters. The summed E-state index contributed by atoms with van der Waals surface area (Å²) in [7, 11) is 0. The van der Waals surface area contributed by atoms with Crippen LogP contribution in [0.4, 0.5) is 13.2 Å². The molecule has 0 fully saturated rings. The van der Waals surface area contributed by atoms with Crippen LogP contribution >= 0.6 is 0 Å². The van der Waals surface area contributed by atoms with E-state index in [2.05, 4.69) is 5.32 Å². The van der Waals surface area contributed by atoms with Gasteiger partial charge in [0, 0.05) is 0 Å². The van der Waals surface area contributed by atoms with Gasteiger partial charge in [-0.1, -0.05) is 19.1 Å². The van der Waals surface area contributed by atoms with Crippen LogP contribution in [0, 0.1) is 0 Å². The van der Waals surface area contributed by atoms with Crippen LogP contribution in [0.5, 0.6) is 0 Å². The van der Waals surface area contributed by atoms with Crippen molar-refractivity contribution in [3.05, 3.63) is 35.4 Å². The molecule has 0 aliphatic carbocycles. The highest BCUT2D eigenvalue weighted by Crippen LogP contribution is 2.29. The first-order valence-corrected chi connectivity index (χ1v) is 5.50. The Morgan fingerprint density at radius 2 is 1.82 bits per heavy atom. The van der Waals surface area contributed by atoms with Crippen LogP contribution in [0.1, 0.15) is 30.5 Å². The van der Waals surface area contributed by atoms with Crippen LogP contribution in [-0.4, -0.2) is 18.3 Å². The molecule has 0 spiro atoms. The van der Waals surface area contributed by atoms with Gasteiger partial charge in [-0.15, -0.1) is 0 Å². The zero-order valence-electron chi connectivity index (χ0n) is 9.59. The molecule has 0 bridgehead atoms. The molecule has 5 heteroatoms. The Bertz CT molecular complexity index is 335. The van der Waals surface area contributed by atoms with E-state index in [-0.39, 0.29) is 12.6 Å². The van der Waals surface area contributed by atoms with E-state index in [1.165, 1.54) is 12.1 Å². The third kappa shape index (κ3) is 4.02. The van der Waals surface area contributed by atoms with Gasteiger partial charge in [0.15, 0.2) is 0 Å². The van der Waals surface area contributed by atoms with Gasteiger partial charge >= 0.3 is 6.18 Å². The van der Waals surface area contributed by atoms with E-state index in [0.29, 0.717) is 12.1 Å². The largest absolute Gasteiger partial charge is 0.416 e. The lowest BCUT2D eigenvalue weighted by Gasteiger charge is -2.17. The molecule has 0 saturated carbocycles. The van der Waals surface area contributed by atoms with E-state index in [1.807, 2.05) is 6.92 Å². The maximum atomic E-state index is 12.3. The highest BCUT2D eigenvalue weighted by molar-refractivity contribution is 5.26. The minimum atomic E-state index is -4.32. The van der Waals surface area contributed by atoms with Gasteiger partial charge in [0.2, 0.25) is 0 Å². The monoisotopic (exact) mass is 247 g/mol. The van der Waals surface area contributed by atoms with Crippen molar-refractivity contribution in [3.63, 3.8) is 0 Å². The second-order valence-corrected chi connectivity index (χ2v) is 3.81. The lowest BCUT2D eigenvalue weighted by atomic mass is 10.1. The quantitative estimate of drug-likeness (QED) is 0.838. The average Bonchev–Trinajstić information content (AvgIpc) is 2.29. The van der Waals surface area contributed by atoms with Crippen LogP contribution in [0.25, 0.3) is 0 Å². The lowest BCUT2D eigenvalue weighted by Crippen LogP contribution is -2.25. The fourth-order valence-electron chi connectivity index (χ4n) is 1.51. The molecule has 1 rings (SSSR count). The molecular formula is C12H16F3NO. The number of alkyl halides is 3. The molecule has 0 aromatic heterocycles. The maximum Gasteiger partial charge on any atom is 0.416 e. The zero-order valence-corrected chi connectivity index (χ0v) is 9.59. The Morgan fingerprint density at radius 3 is 2.24 bits per heavy atom. The molecule has 1 aromatic carbocycles.